The molecule has 3 rings (SSSR count). The fourth-order valence-electron chi connectivity index (χ4n) is 1.78. The molecule has 5 nitrogen and oxygen atoms in total. The molecule has 0 unspecified atom stereocenters. The zero-order valence-electron chi connectivity index (χ0n) is 9.31. The lowest BCUT2D eigenvalue weighted by Gasteiger charge is -1.99. The molecule has 0 bridgehead atoms. The lowest BCUT2D eigenvalue weighted by atomic mass is 10.2. The first-order chi connectivity index (χ1) is 8.24. The summed E-state index contributed by atoms with van der Waals surface area (Å²) in [6.07, 6.45) is 3.58. The molecule has 84 valence electrons. The van der Waals surface area contributed by atoms with E-state index < -0.39 is 0 Å². The zero-order valence-corrected chi connectivity index (χ0v) is 9.31. The standard InChI is InChI=1S/C12H11N5/c1-7-5-14-12-11(16-7)8(6-15-12)9-3-2-4-10(13)17-9/h2-6H,1H3,(H2,13,17)(H,14,15). The van der Waals surface area contributed by atoms with Gasteiger partial charge >= 0.3 is 0 Å². The van der Waals surface area contributed by atoms with E-state index in [4.69, 9.17) is 5.73 Å². The number of pyridine rings is 1. The van der Waals surface area contributed by atoms with E-state index in [0.717, 1.165) is 28.1 Å². The Balaban J connectivity index is 2.27. The van der Waals surface area contributed by atoms with Crippen LogP contribution in [0.4, 0.5) is 5.82 Å². The van der Waals surface area contributed by atoms with Crippen molar-refractivity contribution < 1.29 is 0 Å². The van der Waals surface area contributed by atoms with Gasteiger partial charge in [-0.15, -0.1) is 0 Å². The number of hydrogen-bond donors (Lipinski definition) is 2. The van der Waals surface area contributed by atoms with E-state index in [1.54, 1.807) is 12.3 Å². The highest BCUT2D eigenvalue weighted by Crippen LogP contribution is 2.25. The van der Waals surface area contributed by atoms with Gasteiger partial charge in [-0.2, -0.15) is 0 Å². The highest BCUT2D eigenvalue weighted by atomic mass is 14.9. The van der Waals surface area contributed by atoms with E-state index in [-0.39, 0.29) is 0 Å². The second kappa shape index (κ2) is 3.55. The van der Waals surface area contributed by atoms with E-state index in [1.165, 1.54) is 0 Å². The second-order valence-electron chi connectivity index (χ2n) is 3.86. The van der Waals surface area contributed by atoms with Gasteiger partial charge < -0.3 is 10.7 Å². The second-order valence-corrected chi connectivity index (χ2v) is 3.86. The number of rotatable bonds is 1. The van der Waals surface area contributed by atoms with Gasteiger partial charge in [0.1, 0.15) is 11.3 Å². The van der Waals surface area contributed by atoms with Crippen LogP contribution in [0.2, 0.25) is 0 Å². The number of aromatic amines is 1. The molecule has 5 heteroatoms. The van der Waals surface area contributed by atoms with E-state index in [0.29, 0.717) is 5.82 Å². The molecule has 0 aromatic carbocycles. The van der Waals surface area contributed by atoms with Crippen LogP contribution in [0.25, 0.3) is 22.4 Å². The third-order valence-corrected chi connectivity index (χ3v) is 2.55. The van der Waals surface area contributed by atoms with Crippen LogP contribution in [-0.4, -0.2) is 19.9 Å². The molecule has 0 radical (unpaired) electrons. The van der Waals surface area contributed by atoms with E-state index in [9.17, 15) is 0 Å². The van der Waals surface area contributed by atoms with Crippen molar-refractivity contribution in [2.45, 2.75) is 6.92 Å². The summed E-state index contributed by atoms with van der Waals surface area (Å²) in [5.74, 6) is 0.498. The minimum atomic E-state index is 0.498. The Morgan fingerprint density at radius 1 is 1.24 bits per heavy atom. The first-order valence-corrected chi connectivity index (χ1v) is 5.27. The molecule has 0 spiro atoms. The number of nitrogens with zero attached hydrogens (tertiary/aromatic N) is 3. The number of aryl methyl sites for hydroxylation is 1. The minimum absolute atomic E-state index is 0.498. The van der Waals surface area contributed by atoms with Crippen LogP contribution in [0.15, 0.2) is 30.6 Å². The molecule has 0 atom stereocenters. The molecular weight excluding hydrogens is 214 g/mol. The molecule has 3 aromatic rings. The molecule has 17 heavy (non-hydrogen) atoms. The smallest absolute Gasteiger partial charge is 0.156 e. The summed E-state index contributed by atoms with van der Waals surface area (Å²) < 4.78 is 0. The fourth-order valence-corrected chi connectivity index (χ4v) is 1.78. The Hall–Kier alpha value is -2.43. The van der Waals surface area contributed by atoms with Crippen molar-refractivity contribution in [2.75, 3.05) is 5.73 Å². The normalized spacial score (nSPS) is 10.9. The summed E-state index contributed by atoms with van der Waals surface area (Å²) in [6.45, 7) is 1.91. The maximum absolute atomic E-state index is 5.68. The Labute approximate surface area is 97.7 Å². The predicted molar refractivity (Wildman–Crippen MR) is 66.3 cm³/mol. The van der Waals surface area contributed by atoms with Crippen molar-refractivity contribution in [3.63, 3.8) is 0 Å². The Bertz CT molecular complexity index is 686. The summed E-state index contributed by atoms with van der Waals surface area (Å²) >= 11 is 0. The van der Waals surface area contributed by atoms with Gasteiger partial charge in [0.25, 0.3) is 0 Å². The fraction of sp³-hybridized carbons (Fsp3) is 0.0833. The molecule has 0 saturated carbocycles. The van der Waals surface area contributed by atoms with Gasteiger partial charge in [-0.3, -0.25) is 0 Å². The molecule has 3 N–H and O–H groups in total. The van der Waals surface area contributed by atoms with Crippen molar-refractivity contribution >= 4 is 17.0 Å². The van der Waals surface area contributed by atoms with E-state index in [1.807, 2.05) is 25.3 Å². The molecule has 3 heterocycles. The molecule has 0 amide bonds. The predicted octanol–water partition coefficient (Wildman–Crippen LogP) is 1.91. The third-order valence-electron chi connectivity index (χ3n) is 2.55. The first-order valence-electron chi connectivity index (χ1n) is 5.27. The van der Waals surface area contributed by atoms with Gasteiger partial charge in [0.2, 0.25) is 0 Å². The molecule has 0 aliphatic rings. The maximum atomic E-state index is 5.68. The highest BCUT2D eigenvalue weighted by molar-refractivity contribution is 5.89. The lowest BCUT2D eigenvalue weighted by Crippen LogP contribution is -1.91. The maximum Gasteiger partial charge on any atom is 0.156 e. The van der Waals surface area contributed by atoms with Gasteiger partial charge in [0.05, 0.1) is 17.6 Å². The van der Waals surface area contributed by atoms with Crippen LogP contribution in [0, 0.1) is 6.92 Å². The zero-order chi connectivity index (χ0) is 11.8. The molecule has 0 fully saturated rings. The average molecular weight is 225 g/mol. The van der Waals surface area contributed by atoms with Crippen molar-refractivity contribution in [3.05, 3.63) is 36.3 Å². The molecule has 0 aliphatic carbocycles. The van der Waals surface area contributed by atoms with Gasteiger partial charge in [-0.05, 0) is 19.1 Å². The SMILES string of the molecule is Cc1cnc2[nH]cc(-c3cccc(N)n3)c2n1. The van der Waals surface area contributed by atoms with Crippen molar-refractivity contribution in [2.24, 2.45) is 0 Å². The number of nitrogen functional groups attached to an aromatic ring is 1. The van der Waals surface area contributed by atoms with Crippen molar-refractivity contribution in [1.82, 2.24) is 19.9 Å². The van der Waals surface area contributed by atoms with Crippen LogP contribution in [0.3, 0.4) is 0 Å². The van der Waals surface area contributed by atoms with Crippen LogP contribution >= 0.6 is 0 Å². The van der Waals surface area contributed by atoms with Crippen molar-refractivity contribution in [3.8, 4) is 11.3 Å². The summed E-state index contributed by atoms with van der Waals surface area (Å²) in [4.78, 5) is 16.1. The number of nitrogens with one attached hydrogen (secondary N) is 1. The Morgan fingerprint density at radius 2 is 2.12 bits per heavy atom. The molecule has 3 aromatic heterocycles. The van der Waals surface area contributed by atoms with E-state index in [2.05, 4.69) is 19.9 Å². The van der Waals surface area contributed by atoms with Gasteiger partial charge in [0.15, 0.2) is 5.65 Å². The average Bonchev–Trinajstić information content (AvgIpc) is 2.71. The third kappa shape index (κ3) is 1.61. The van der Waals surface area contributed by atoms with Crippen LogP contribution < -0.4 is 5.73 Å². The van der Waals surface area contributed by atoms with Gasteiger partial charge in [-0.25, -0.2) is 15.0 Å². The van der Waals surface area contributed by atoms with Crippen molar-refractivity contribution in [1.29, 1.82) is 0 Å². The number of aromatic nitrogens is 4. The Morgan fingerprint density at radius 3 is 2.94 bits per heavy atom. The topological polar surface area (TPSA) is 80.5 Å². The quantitative estimate of drug-likeness (QED) is 0.663. The van der Waals surface area contributed by atoms with Crippen LogP contribution in [0.5, 0.6) is 0 Å². The minimum Gasteiger partial charge on any atom is -0.384 e. The van der Waals surface area contributed by atoms with Gasteiger partial charge in [-0.1, -0.05) is 6.07 Å². The molecule has 0 saturated heterocycles. The number of fused-ring (bicyclic) bond motifs is 1. The van der Waals surface area contributed by atoms with Crippen LogP contribution in [0.1, 0.15) is 5.69 Å². The van der Waals surface area contributed by atoms with Gasteiger partial charge in [0, 0.05) is 11.8 Å². The Kier molecular flexibility index (Phi) is 2.04. The number of hydrogen-bond acceptors (Lipinski definition) is 4. The number of H-pyrrole nitrogens is 1. The summed E-state index contributed by atoms with van der Waals surface area (Å²) in [6, 6.07) is 5.54. The number of nitrogens with two attached hydrogens (primary N) is 1. The molecule has 0 aliphatic heterocycles. The summed E-state index contributed by atoms with van der Waals surface area (Å²) in [5, 5.41) is 0. The summed E-state index contributed by atoms with van der Waals surface area (Å²) in [5.41, 5.74) is 9.86. The highest BCUT2D eigenvalue weighted by Gasteiger charge is 2.09. The van der Waals surface area contributed by atoms with Crippen LogP contribution in [-0.2, 0) is 0 Å². The van der Waals surface area contributed by atoms with E-state index >= 15 is 0 Å². The monoisotopic (exact) mass is 225 g/mol. The first kappa shape index (κ1) is 9.77. The molecular formula is C12H11N5. The lowest BCUT2D eigenvalue weighted by molar-refractivity contribution is 1.17. The summed E-state index contributed by atoms with van der Waals surface area (Å²) in [7, 11) is 0. The number of anilines is 1. The largest absolute Gasteiger partial charge is 0.384 e.